The molecule has 0 aliphatic carbocycles. The quantitative estimate of drug-likeness (QED) is 0.0390. The third-order valence-corrected chi connectivity index (χ3v) is 14.0. The summed E-state index contributed by atoms with van der Waals surface area (Å²) in [5.74, 6) is -10.5. The number of hydrogen-bond donors (Lipinski definition) is 12. The third-order valence-electron chi connectivity index (χ3n) is 14.0. The van der Waals surface area contributed by atoms with Crippen molar-refractivity contribution in [3.05, 3.63) is 0 Å². The summed E-state index contributed by atoms with van der Waals surface area (Å²) in [5.41, 5.74) is 0. The Kier molecular flexibility index (Phi) is 49.3. The molecule has 0 aliphatic heterocycles. The normalized spacial score (nSPS) is 13.3. The molecule has 0 fully saturated rings. The number of likely N-dealkylation sites (N-methyl/N-ethyl adjacent to an activating group) is 1. The number of unbranched alkanes of at least 4 members (excludes halogenated alkanes) is 14. The summed E-state index contributed by atoms with van der Waals surface area (Å²) >= 11 is 0. The van der Waals surface area contributed by atoms with Gasteiger partial charge in [-0.2, -0.15) is 0 Å². The molecule has 4 amide bonds. The maximum Gasteiger partial charge on any atom is 0.326 e. The average molecular weight is 1250 g/mol. The number of aliphatic hydroxyl groups is 1. The second kappa shape index (κ2) is 53.0. The van der Waals surface area contributed by atoms with Crippen molar-refractivity contribution < 1.29 is 107 Å². The lowest BCUT2D eigenvalue weighted by Gasteiger charge is -2.19. The number of carboxylic acid groups (broad SMARTS) is 5. The van der Waals surface area contributed by atoms with Gasteiger partial charge in [-0.3, -0.25) is 53.3 Å². The van der Waals surface area contributed by atoms with E-state index in [0.29, 0.717) is 38.6 Å². The fraction of sp³-hybridized carbons (Fsp3) is 0.797. The zero-order chi connectivity index (χ0) is 65.0. The van der Waals surface area contributed by atoms with Gasteiger partial charge in [0.05, 0.1) is 57.6 Å². The van der Waals surface area contributed by atoms with Gasteiger partial charge < -0.3 is 76.2 Å². The zero-order valence-electron chi connectivity index (χ0n) is 51.3. The van der Waals surface area contributed by atoms with Gasteiger partial charge in [0, 0.05) is 64.6 Å². The zero-order valence-corrected chi connectivity index (χ0v) is 51.3. The molecule has 0 radical (unpaired) electrons. The van der Waals surface area contributed by atoms with Crippen LogP contribution in [0.25, 0.3) is 0 Å². The summed E-state index contributed by atoms with van der Waals surface area (Å²) < 4.78 is 21.4. The van der Waals surface area contributed by atoms with Gasteiger partial charge in [0.2, 0.25) is 23.6 Å². The highest BCUT2D eigenvalue weighted by Crippen LogP contribution is 2.17. The number of aliphatic carboxylic acids is 5. The highest BCUT2D eigenvalue weighted by atomic mass is 16.5. The number of carboxylic acids is 5. The number of Topliss-reactive ketones (excluding diaryl/α,β-unsaturated/α-hetero) is 3. The molecule has 0 saturated heterocycles. The fourth-order valence-electron chi connectivity index (χ4n) is 8.93. The minimum atomic E-state index is -1.44. The molecule has 6 atom stereocenters. The van der Waals surface area contributed by atoms with Crippen LogP contribution in [0.15, 0.2) is 0 Å². The van der Waals surface area contributed by atoms with Crippen molar-refractivity contribution in [2.45, 2.75) is 217 Å². The van der Waals surface area contributed by atoms with E-state index in [9.17, 15) is 78.0 Å². The van der Waals surface area contributed by atoms with E-state index >= 15 is 0 Å². The number of hydrogen-bond acceptors (Lipinski definition) is 19. The average Bonchev–Trinajstić information content (AvgIpc) is 3.51. The summed E-state index contributed by atoms with van der Waals surface area (Å²) in [6, 6.07) is -4.57. The van der Waals surface area contributed by atoms with Gasteiger partial charge in [-0.05, 0) is 71.8 Å². The topological polar surface area (TPSA) is 435 Å². The Hall–Kier alpha value is -6.04. The van der Waals surface area contributed by atoms with E-state index in [4.69, 9.17) is 29.2 Å². The Morgan fingerprint density at radius 2 is 0.874 bits per heavy atom. The molecule has 0 aliphatic rings. The molecule has 0 bridgehead atoms. The van der Waals surface area contributed by atoms with Crippen molar-refractivity contribution in [2.24, 2.45) is 5.92 Å². The van der Waals surface area contributed by atoms with Crippen LogP contribution in [0, 0.1) is 5.92 Å². The van der Waals surface area contributed by atoms with Gasteiger partial charge in [-0.15, -0.1) is 0 Å². The number of nitrogens with one attached hydrogen (secondary N) is 6. The van der Waals surface area contributed by atoms with Crippen LogP contribution in [0.4, 0.5) is 0 Å². The smallest absolute Gasteiger partial charge is 0.326 e. The first-order valence-electron chi connectivity index (χ1n) is 30.8. The highest BCUT2D eigenvalue weighted by molar-refractivity contribution is 5.88. The van der Waals surface area contributed by atoms with Crippen LogP contribution in [0.2, 0.25) is 0 Å². The van der Waals surface area contributed by atoms with Crippen molar-refractivity contribution in [3.63, 3.8) is 0 Å². The van der Waals surface area contributed by atoms with Crippen LogP contribution in [-0.2, 0) is 76.5 Å². The van der Waals surface area contributed by atoms with Crippen molar-refractivity contribution in [2.75, 3.05) is 79.5 Å². The van der Waals surface area contributed by atoms with Crippen LogP contribution in [0.1, 0.15) is 187 Å². The van der Waals surface area contributed by atoms with Gasteiger partial charge in [0.1, 0.15) is 42.9 Å². The minimum absolute atomic E-state index is 0.0616. The molecule has 0 aromatic carbocycles. The van der Waals surface area contributed by atoms with Gasteiger partial charge in [-0.1, -0.05) is 77.0 Å². The van der Waals surface area contributed by atoms with E-state index in [1.807, 2.05) is 0 Å². The fourth-order valence-corrected chi connectivity index (χ4v) is 8.93. The molecule has 500 valence electrons. The SMILES string of the molecule is CN[C@@H](CCCCNC(=O)COCCOCCNC(=O)COCCOCCCC(=O)CC[C@H](NC(=O)CC[C@H](CC(=O)CC[C@H](NC(=O)CCCCCCCCCCCCCCCCC(=O)O)C(=O)O)C(=O)O)C(=O)O)C(=O)CN[C@H](C(=O)O)[C@@H](C)O. The maximum atomic E-state index is 12.8. The summed E-state index contributed by atoms with van der Waals surface area (Å²) in [5, 5.41) is 71.9. The second-order valence-corrected chi connectivity index (χ2v) is 21.6. The number of ketones is 3. The predicted octanol–water partition coefficient (Wildman–Crippen LogP) is 2.85. The van der Waals surface area contributed by atoms with E-state index in [2.05, 4.69) is 31.9 Å². The molecule has 28 nitrogen and oxygen atoms in total. The molecule has 0 aromatic rings. The van der Waals surface area contributed by atoms with Crippen LogP contribution in [0.5, 0.6) is 0 Å². The third kappa shape index (κ3) is 47.7. The Bertz CT molecular complexity index is 2030. The first-order chi connectivity index (χ1) is 41.6. The molecule has 0 rings (SSSR count). The van der Waals surface area contributed by atoms with E-state index in [-0.39, 0.29) is 141 Å². The molecule has 12 N–H and O–H groups in total. The summed E-state index contributed by atoms with van der Waals surface area (Å²) in [7, 11) is 1.62. The maximum absolute atomic E-state index is 12.8. The Balaban J connectivity index is 4.14. The van der Waals surface area contributed by atoms with Gasteiger partial charge >= 0.3 is 29.8 Å². The molecule has 87 heavy (non-hydrogen) atoms. The second-order valence-electron chi connectivity index (χ2n) is 21.6. The predicted molar refractivity (Wildman–Crippen MR) is 315 cm³/mol. The Morgan fingerprint density at radius 3 is 1.36 bits per heavy atom. The molecule has 0 spiro atoms. The van der Waals surface area contributed by atoms with Crippen LogP contribution < -0.4 is 31.9 Å². The van der Waals surface area contributed by atoms with Crippen molar-refractivity contribution in [3.8, 4) is 0 Å². The first kappa shape index (κ1) is 81.0. The molecule has 28 heteroatoms. The van der Waals surface area contributed by atoms with Crippen LogP contribution >= 0.6 is 0 Å². The lowest BCUT2D eigenvalue weighted by atomic mass is 9.94. The molecule has 0 saturated carbocycles. The lowest BCUT2D eigenvalue weighted by Crippen LogP contribution is -2.49. The molecule has 0 unspecified atom stereocenters. The first-order valence-corrected chi connectivity index (χ1v) is 30.8. The van der Waals surface area contributed by atoms with Crippen LogP contribution in [0.3, 0.4) is 0 Å². The highest BCUT2D eigenvalue weighted by Gasteiger charge is 2.28. The number of carbonyl (C=O) groups excluding carboxylic acids is 7. The number of rotatable bonds is 62. The minimum Gasteiger partial charge on any atom is -0.481 e. The summed E-state index contributed by atoms with van der Waals surface area (Å²) in [6.45, 7) is 2.14. The summed E-state index contributed by atoms with van der Waals surface area (Å²) in [6.07, 6.45) is 13.2. The van der Waals surface area contributed by atoms with E-state index in [0.717, 1.165) is 64.2 Å². The van der Waals surface area contributed by atoms with Gasteiger partial charge in [-0.25, -0.2) is 9.59 Å². The lowest BCUT2D eigenvalue weighted by molar-refractivity contribution is -0.145. The van der Waals surface area contributed by atoms with Gasteiger partial charge in [0.15, 0.2) is 5.78 Å². The molecular formula is C59H102N6O22. The van der Waals surface area contributed by atoms with Crippen molar-refractivity contribution in [1.29, 1.82) is 0 Å². The number of aliphatic hydroxyl groups excluding tert-OH is 1. The number of ether oxygens (including phenoxy) is 4. The van der Waals surface area contributed by atoms with Crippen molar-refractivity contribution >= 4 is 70.8 Å². The standard InChI is InChI=1S/C59H102N6O22/c1-42(66)55(59(82)83)63-39-49(69)46(60-2)21-17-18-30-61-52(72)40-87-37-35-85-33-31-62-53(73)41-86-36-34-84-32-19-20-44(67)25-27-47(57(78)79)65-51(71)29-24-43(56(76)77)38-45(68)26-28-48(58(80)81)64-50(70)22-15-13-11-9-7-5-3-4-6-8-10-12-14-16-23-54(74)75/h42-43,46-48,55,60,63,66H,3-41H2,1-2H3,(H,61,72)(H,62,73)(H,64,70)(H,65,71)(H,74,75)(H,76,77)(H,78,79)(H,80,81)(H,82,83)/t42-,43-,46+,47+,48+,55+/m1/s1. The van der Waals surface area contributed by atoms with E-state index in [1.54, 1.807) is 7.05 Å². The molecular weight excluding hydrogens is 1140 g/mol. The monoisotopic (exact) mass is 1250 g/mol. The Labute approximate surface area is 510 Å². The van der Waals surface area contributed by atoms with Crippen LogP contribution in [-0.4, -0.2) is 211 Å². The summed E-state index contributed by atoms with van der Waals surface area (Å²) in [4.78, 5) is 144. The van der Waals surface area contributed by atoms with Gasteiger partial charge in [0.25, 0.3) is 0 Å². The molecule has 0 aromatic heterocycles. The number of amides is 4. The van der Waals surface area contributed by atoms with Crippen molar-refractivity contribution in [1.82, 2.24) is 31.9 Å². The molecule has 0 heterocycles. The van der Waals surface area contributed by atoms with E-state index < -0.39 is 96.5 Å². The Morgan fingerprint density at radius 1 is 0.402 bits per heavy atom. The van der Waals surface area contributed by atoms with E-state index in [1.165, 1.54) is 26.2 Å². The number of carbonyl (C=O) groups is 12. The largest absolute Gasteiger partial charge is 0.481 e.